The number of hydrogen-bond acceptors (Lipinski definition) is 5. The van der Waals surface area contributed by atoms with Crippen LogP contribution in [0.2, 0.25) is 0 Å². The van der Waals surface area contributed by atoms with Gasteiger partial charge in [0, 0.05) is 13.6 Å². The lowest BCUT2D eigenvalue weighted by Gasteiger charge is -2.08. The Balaban J connectivity index is 1.81. The minimum Gasteiger partial charge on any atom is -0.497 e. The lowest BCUT2D eigenvalue weighted by atomic mass is 10.2. The Morgan fingerprint density at radius 1 is 1.17 bits per heavy atom. The van der Waals surface area contributed by atoms with Gasteiger partial charge in [0.2, 0.25) is 10.0 Å². The topological polar surface area (TPSA) is 90.5 Å². The molecule has 0 fully saturated rings. The molecule has 0 unspecified atom stereocenters. The van der Waals surface area contributed by atoms with E-state index in [1.165, 1.54) is 23.8 Å². The summed E-state index contributed by atoms with van der Waals surface area (Å²) in [4.78, 5) is 11.6. The number of hydrogen-bond donors (Lipinski definition) is 1. The maximum atomic E-state index is 12.3. The number of sulfonamides is 1. The highest BCUT2D eigenvalue weighted by atomic mass is 32.2. The van der Waals surface area contributed by atoms with Gasteiger partial charge >= 0.3 is 5.76 Å². The molecule has 0 bridgehead atoms. The van der Waals surface area contributed by atoms with Gasteiger partial charge in [-0.3, -0.25) is 4.57 Å². The second-order valence-corrected chi connectivity index (χ2v) is 7.00. The van der Waals surface area contributed by atoms with Crippen LogP contribution in [-0.2, 0) is 23.6 Å². The lowest BCUT2D eigenvalue weighted by Crippen LogP contribution is -2.23. The second-order valence-electron chi connectivity index (χ2n) is 5.23. The van der Waals surface area contributed by atoms with E-state index in [0.29, 0.717) is 16.8 Å². The number of oxazole rings is 1. The lowest BCUT2D eigenvalue weighted by molar-refractivity contribution is 0.414. The summed E-state index contributed by atoms with van der Waals surface area (Å²) < 4.78 is 38.6. The molecule has 1 N–H and O–H groups in total. The number of benzene rings is 2. The smallest absolute Gasteiger partial charge is 0.419 e. The van der Waals surface area contributed by atoms with E-state index < -0.39 is 15.8 Å². The minimum absolute atomic E-state index is 0.101. The van der Waals surface area contributed by atoms with Crippen molar-refractivity contribution in [3.8, 4) is 5.75 Å². The Morgan fingerprint density at radius 3 is 2.54 bits per heavy atom. The predicted molar refractivity (Wildman–Crippen MR) is 88.5 cm³/mol. The maximum absolute atomic E-state index is 12.3. The molecule has 1 heterocycles. The number of aromatic nitrogens is 1. The highest BCUT2D eigenvalue weighted by Crippen LogP contribution is 2.17. The van der Waals surface area contributed by atoms with Crippen molar-refractivity contribution < 1.29 is 17.6 Å². The van der Waals surface area contributed by atoms with E-state index in [1.807, 2.05) is 0 Å². The van der Waals surface area contributed by atoms with Gasteiger partial charge in [-0.15, -0.1) is 0 Å². The van der Waals surface area contributed by atoms with Gasteiger partial charge in [-0.2, -0.15) is 0 Å². The zero-order valence-corrected chi connectivity index (χ0v) is 14.0. The van der Waals surface area contributed by atoms with E-state index in [2.05, 4.69) is 4.72 Å². The first-order valence-corrected chi connectivity index (χ1v) is 8.61. The van der Waals surface area contributed by atoms with Crippen LogP contribution in [0.25, 0.3) is 11.1 Å². The summed E-state index contributed by atoms with van der Waals surface area (Å²) in [5.41, 5.74) is 1.79. The Bertz CT molecular complexity index is 1030. The standard InChI is InChI=1S/C16H16N2O5S/c1-18-14-9-11(3-8-15(14)23-16(18)19)10-17-24(20,21)13-6-4-12(22-2)5-7-13/h3-9,17H,10H2,1-2H3. The van der Waals surface area contributed by atoms with Gasteiger partial charge < -0.3 is 9.15 Å². The summed E-state index contributed by atoms with van der Waals surface area (Å²) in [6.07, 6.45) is 0. The number of methoxy groups -OCH3 is 1. The van der Waals surface area contributed by atoms with Gasteiger partial charge in [-0.05, 0) is 42.0 Å². The summed E-state index contributed by atoms with van der Waals surface area (Å²) in [6, 6.07) is 11.2. The molecule has 7 nitrogen and oxygen atoms in total. The quantitative estimate of drug-likeness (QED) is 0.757. The van der Waals surface area contributed by atoms with E-state index in [1.54, 1.807) is 37.4 Å². The molecular formula is C16H16N2O5S. The molecule has 126 valence electrons. The monoisotopic (exact) mass is 348 g/mol. The van der Waals surface area contributed by atoms with Gasteiger partial charge in [-0.1, -0.05) is 6.07 Å². The van der Waals surface area contributed by atoms with E-state index >= 15 is 0 Å². The molecule has 1 aromatic heterocycles. The van der Waals surface area contributed by atoms with Crippen molar-refractivity contribution in [1.82, 2.24) is 9.29 Å². The number of ether oxygens (including phenoxy) is 1. The maximum Gasteiger partial charge on any atom is 0.419 e. The molecular weight excluding hydrogens is 332 g/mol. The molecule has 3 rings (SSSR count). The zero-order chi connectivity index (χ0) is 17.3. The van der Waals surface area contributed by atoms with E-state index in [4.69, 9.17) is 9.15 Å². The molecule has 0 saturated carbocycles. The Hall–Kier alpha value is -2.58. The van der Waals surface area contributed by atoms with Crippen molar-refractivity contribution in [3.63, 3.8) is 0 Å². The largest absolute Gasteiger partial charge is 0.497 e. The van der Waals surface area contributed by atoms with Crippen molar-refractivity contribution in [2.45, 2.75) is 11.4 Å². The summed E-state index contributed by atoms with van der Waals surface area (Å²) >= 11 is 0. The number of nitrogens with zero attached hydrogens (tertiary/aromatic N) is 1. The average Bonchev–Trinajstić information content (AvgIpc) is 2.87. The van der Waals surface area contributed by atoms with Crippen molar-refractivity contribution >= 4 is 21.1 Å². The Morgan fingerprint density at radius 2 is 1.88 bits per heavy atom. The summed E-state index contributed by atoms with van der Waals surface area (Å²) in [5, 5.41) is 0. The fourth-order valence-electron chi connectivity index (χ4n) is 2.30. The van der Waals surface area contributed by atoms with Crippen molar-refractivity contribution in [1.29, 1.82) is 0 Å². The first-order valence-electron chi connectivity index (χ1n) is 7.13. The van der Waals surface area contributed by atoms with Crippen LogP contribution in [0.1, 0.15) is 5.56 Å². The fourth-order valence-corrected chi connectivity index (χ4v) is 3.32. The number of rotatable bonds is 5. The molecule has 0 amide bonds. The summed E-state index contributed by atoms with van der Waals surface area (Å²) in [6.45, 7) is 0.101. The fraction of sp³-hybridized carbons (Fsp3) is 0.188. The normalized spacial score (nSPS) is 11.8. The van der Waals surface area contributed by atoms with Gasteiger partial charge in [0.15, 0.2) is 5.58 Å². The first-order chi connectivity index (χ1) is 11.4. The van der Waals surface area contributed by atoms with Crippen LogP contribution in [0, 0.1) is 0 Å². The molecule has 0 spiro atoms. The zero-order valence-electron chi connectivity index (χ0n) is 13.1. The Kier molecular flexibility index (Phi) is 4.16. The molecule has 0 aliphatic carbocycles. The SMILES string of the molecule is COc1ccc(S(=O)(=O)NCc2ccc3oc(=O)n(C)c3c2)cc1. The average molecular weight is 348 g/mol. The molecule has 0 saturated heterocycles. The van der Waals surface area contributed by atoms with Crippen molar-refractivity contribution in [2.75, 3.05) is 7.11 Å². The highest BCUT2D eigenvalue weighted by molar-refractivity contribution is 7.89. The van der Waals surface area contributed by atoms with Crippen LogP contribution in [0.4, 0.5) is 0 Å². The van der Waals surface area contributed by atoms with Crippen LogP contribution >= 0.6 is 0 Å². The number of fused-ring (bicyclic) bond motifs is 1. The highest BCUT2D eigenvalue weighted by Gasteiger charge is 2.14. The molecule has 0 aliphatic heterocycles. The third-order valence-corrected chi connectivity index (χ3v) is 5.11. The Labute approximate surface area is 138 Å². The molecule has 8 heteroatoms. The minimum atomic E-state index is -3.64. The van der Waals surface area contributed by atoms with Gasteiger partial charge in [0.05, 0.1) is 17.5 Å². The number of aryl methyl sites for hydroxylation is 1. The summed E-state index contributed by atoms with van der Waals surface area (Å²) in [7, 11) is -0.528. The second kappa shape index (κ2) is 6.14. The van der Waals surface area contributed by atoms with Crippen LogP contribution in [0.5, 0.6) is 5.75 Å². The summed E-state index contributed by atoms with van der Waals surface area (Å²) in [5.74, 6) is 0.126. The van der Waals surface area contributed by atoms with Crippen molar-refractivity contribution in [3.05, 3.63) is 58.6 Å². The van der Waals surface area contributed by atoms with Crippen LogP contribution in [0.3, 0.4) is 0 Å². The third-order valence-electron chi connectivity index (χ3n) is 3.69. The molecule has 3 aromatic rings. The van der Waals surface area contributed by atoms with Crippen LogP contribution in [-0.4, -0.2) is 20.1 Å². The molecule has 0 radical (unpaired) electrons. The van der Waals surface area contributed by atoms with Gasteiger partial charge in [-0.25, -0.2) is 17.9 Å². The molecule has 0 atom stereocenters. The van der Waals surface area contributed by atoms with Gasteiger partial charge in [0.25, 0.3) is 0 Å². The van der Waals surface area contributed by atoms with E-state index in [9.17, 15) is 13.2 Å². The van der Waals surface area contributed by atoms with Crippen LogP contribution in [0.15, 0.2) is 56.6 Å². The van der Waals surface area contributed by atoms with E-state index in [0.717, 1.165) is 5.56 Å². The predicted octanol–water partition coefficient (Wildman–Crippen LogP) is 1.62. The molecule has 0 aliphatic rings. The van der Waals surface area contributed by atoms with Gasteiger partial charge in [0.1, 0.15) is 5.75 Å². The van der Waals surface area contributed by atoms with E-state index in [-0.39, 0.29) is 11.4 Å². The first kappa shape index (κ1) is 16.3. The van der Waals surface area contributed by atoms with Crippen LogP contribution < -0.4 is 15.2 Å². The third kappa shape index (κ3) is 3.06. The molecule has 2 aromatic carbocycles. The van der Waals surface area contributed by atoms with Crippen molar-refractivity contribution in [2.24, 2.45) is 7.05 Å². The molecule has 24 heavy (non-hydrogen) atoms. The number of nitrogens with one attached hydrogen (secondary N) is 1.